The standard InChI is InChI=1S/C16H23NO2S/c1-19-14-9-7-13(8-10-14)11-17-16(18)12-20-15-5-3-2-4-6-15/h7-10,15H,2-6,11-12H2,1H3,(H,17,18). The summed E-state index contributed by atoms with van der Waals surface area (Å²) in [5.41, 5.74) is 1.10. The highest BCUT2D eigenvalue weighted by atomic mass is 32.2. The van der Waals surface area contributed by atoms with Gasteiger partial charge in [-0.2, -0.15) is 0 Å². The van der Waals surface area contributed by atoms with Crippen molar-refractivity contribution in [1.29, 1.82) is 0 Å². The molecule has 1 aromatic carbocycles. The first-order chi connectivity index (χ1) is 9.78. The molecule has 0 spiro atoms. The van der Waals surface area contributed by atoms with Crippen LogP contribution in [0.1, 0.15) is 37.7 Å². The minimum Gasteiger partial charge on any atom is -0.497 e. The topological polar surface area (TPSA) is 38.3 Å². The lowest BCUT2D eigenvalue weighted by Gasteiger charge is -2.20. The lowest BCUT2D eigenvalue weighted by atomic mass is 10.0. The molecule has 1 amide bonds. The molecule has 1 saturated carbocycles. The number of thioether (sulfide) groups is 1. The molecule has 0 bridgehead atoms. The molecule has 1 aliphatic carbocycles. The smallest absolute Gasteiger partial charge is 0.230 e. The molecule has 0 aliphatic heterocycles. The molecule has 20 heavy (non-hydrogen) atoms. The molecule has 4 heteroatoms. The van der Waals surface area contributed by atoms with Crippen molar-refractivity contribution in [2.45, 2.75) is 43.9 Å². The van der Waals surface area contributed by atoms with Gasteiger partial charge in [-0.1, -0.05) is 31.4 Å². The van der Waals surface area contributed by atoms with Gasteiger partial charge in [-0.05, 0) is 30.5 Å². The van der Waals surface area contributed by atoms with Crippen LogP contribution < -0.4 is 10.1 Å². The van der Waals surface area contributed by atoms with Crippen LogP contribution in [0.2, 0.25) is 0 Å². The Hall–Kier alpha value is -1.16. The van der Waals surface area contributed by atoms with Crippen LogP contribution in [0.15, 0.2) is 24.3 Å². The Kier molecular flexibility index (Phi) is 6.25. The Morgan fingerprint density at radius 1 is 1.25 bits per heavy atom. The van der Waals surface area contributed by atoms with E-state index in [9.17, 15) is 4.79 Å². The van der Waals surface area contributed by atoms with Gasteiger partial charge in [0.05, 0.1) is 12.9 Å². The fourth-order valence-electron chi connectivity index (χ4n) is 2.42. The Morgan fingerprint density at radius 3 is 2.60 bits per heavy atom. The summed E-state index contributed by atoms with van der Waals surface area (Å²) in [5.74, 6) is 1.56. The van der Waals surface area contributed by atoms with Crippen LogP contribution in [0.3, 0.4) is 0 Å². The first-order valence-corrected chi connectivity index (χ1v) is 8.34. The molecular formula is C16H23NO2S. The molecule has 110 valence electrons. The normalized spacial score (nSPS) is 15.8. The van der Waals surface area contributed by atoms with E-state index < -0.39 is 0 Å². The number of carbonyl (C=O) groups excluding carboxylic acids is 1. The first kappa shape index (κ1) is 15.2. The summed E-state index contributed by atoms with van der Waals surface area (Å²) >= 11 is 1.81. The highest BCUT2D eigenvalue weighted by Gasteiger charge is 2.15. The van der Waals surface area contributed by atoms with E-state index in [0.29, 0.717) is 17.5 Å². The van der Waals surface area contributed by atoms with E-state index in [4.69, 9.17) is 4.74 Å². The van der Waals surface area contributed by atoms with Crippen LogP contribution in [-0.2, 0) is 11.3 Å². The monoisotopic (exact) mass is 293 g/mol. The predicted octanol–water partition coefficient (Wildman–Crippen LogP) is 3.38. The molecule has 0 aromatic heterocycles. The average molecular weight is 293 g/mol. The fraction of sp³-hybridized carbons (Fsp3) is 0.562. The van der Waals surface area contributed by atoms with Gasteiger partial charge in [0, 0.05) is 11.8 Å². The number of benzene rings is 1. The number of ether oxygens (including phenoxy) is 1. The highest BCUT2D eigenvalue weighted by molar-refractivity contribution is 8.00. The van der Waals surface area contributed by atoms with Gasteiger partial charge in [-0.15, -0.1) is 11.8 Å². The first-order valence-electron chi connectivity index (χ1n) is 7.29. The van der Waals surface area contributed by atoms with Crippen molar-refractivity contribution in [3.8, 4) is 5.75 Å². The van der Waals surface area contributed by atoms with Gasteiger partial charge < -0.3 is 10.1 Å². The minimum atomic E-state index is 0.136. The lowest BCUT2D eigenvalue weighted by Crippen LogP contribution is -2.25. The average Bonchev–Trinajstić information content (AvgIpc) is 2.52. The summed E-state index contributed by atoms with van der Waals surface area (Å²) in [6, 6.07) is 7.79. The van der Waals surface area contributed by atoms with Gasteiger partial charge in [-0.3, -0.25) is 4.79 Å². The van der Waals surface area contributed by atoms with Crippen LogP contribution in [0.25, 0.3) is 0 Å². The number of rotatable bonds is 6. The van der Waals surface area contributed by atoms with Crippen molar-refractivity contribution in [3.05, 3.63) is 29.8 Å². The maximum absolute atomic E-state index is 11.8. The largest absolute Gasteiger partial charge is 0.497 e. The molecule has 1 aromatic rings. The lowest BCUT2D eigenvalue weighted by molar-refractivity contribution is -0.118. The second-order valence-electron chi connectivity index (χ2n) is 5.20. The van der Waals surface area contributed by atoms with Crippen molar-refractivity contribution in [2.24, 2.45) is 0 Å². The van der Waals surface area contributed by atoms with Crippen LogP contribution >= 0.6 is 11.8 Å². The van der Waals surface area contributed by atoms with Gasteiger partial charge >= 0.3 is 0 Å². The van der Waals surface area contributed by atoms with E-state index in [0.717, 1.165) is 11.3 Å². The Morgan fingerprint density at radius 2 is 1.95 bits per heavy atom. The van der Waals surface area contributed by atoms with Gasteiger partial charge in [0.25, 0.3) is 0 Å². The molecular weight excluding hydrogens is 270 g/mol. The summed E-state index contributed by atoms with van der Waals surface area (Å²) in [7, 11) is 1.65. The maximum atomic E-state index is 11.8. The number of nitrogens with one attached hydrogen (secondary N) is 1. The van der Waals surface area contributed by atoms with Crippen molar-refractivity contribution in [2.75, 3.05) is 12.9 Å². The maximum Gasteiger partial charge on any atom is 0.230 e. The van der Waals surface area contributed by atoms with E-state index in [-0.39, 0.29) is 5.91 Å². The van der Waals surface area contributed by atoms with Gasteiger partial charge in [0.2, 0.25) is 5.91 Å². The Labute approximate surface area is 125 Å². The van der Waals surface area contributed by atoms with Crippen LogP contribution in [0.5, 0.6) is 5.75 Å². The van der Waals surface area contributed by atoms with E-state index in [2.05, 4.69) is 5.32 Å². The third-order valence-electron chi connectivity index (χ3n) is 3.65. The SMILES string of the molecule is COc1ccc(CNC(=O)CSC2CCCCC2)cc1. The quantitative estimate of drug-likeness (QED) is 0.874. The Balaban J connectivity index is 1.66. The van der Waals surface area contributed by atoms with E-state index in [1.165, 1.54) is 32.1 Å². The summed E-state index contributed by atoms with van der Waals surface area (Å²) in [5, 5.41) is 3.67. The molecule has 1 N–H and O–H groups in total. The summed E-state index contributed by atoms with van der Waals surface area (Å²) < 4.78 is 5.11. The van der Waals surface area contributed by atoms with E-state index in [1.807, 2.05) is 36.0 Å². The minimum absolute atomic E-state index is 0.136. The third-order valence-corrected chi connectivity index (χ3v) is 5.02. The molecule has 2 rings (SSSR count). The van der Waals surface area contributed by atoms with Crippen LogP contribution in [-0.4, -0.2) is 24.0 Å². The Bertz CT molecular complexity index is 413. The second-order valence-corrected chi connectivity index (χ2v) is 6.48. The van der Waals surface area contributed by atoms with Crippen molar-refractivity contribution in [1.82, 2.24) is 5.32 Å². The zero-order valence-electron chi connectivity index (χ0n) is 12.1. The summed E-state index contributed by atoms with van der Waals surface area (Å²) in [6.45, 7) is 0.591. The van der Waals surface area contributed by atoms with Gasteiger partial charge in [0.1, 0.15) is 5.75 Å². The highest BCUT2D eigenvalue weighted by Crippen LogP contribution is 2.27. The predicted molar refractivity (Wildman–Crippen MR) is 84.2 cm³/mol. The number of carbonyl (C=O) groups is 1. The fourth-order valence-corrected chi connectivity index (χ4v) is 3.58. The second kappa shape index (κ2) is 8.20. The number of hydrogen-bond acceptors (Lipinski definition) is 3. The summed E-state index contributed by atoms with van der Waals surface area (Å²) in [4.78, 5) is 11.8. The van der Waals surface area contributed by atoms with Gasteiger partial charge in [-0.25, -0.2) is 0 Å². The van der Waals surface area contributed by atoms with Crippen LogP contribution in [0.4, 0.5) is 0 Å². The third kappa shape index (κ3) is 5.08. The molecule has 0 saturated heterocycles. The zero-order valence-corrected chi connectivity index (χ0v) is 12.9. The van der Waals surface area contributed by atoms with Gasteiger partial charge in [0.15, 0.2) is 0 Å². The van der Waals surface area contributed by atoms with E-state index in [1.54, 1.807) is 7.11 Å². The molecule has 0 radical (unpaired) electrons. The van der Waals surface area contributed by atoms with Crippen molar-refractivity contribution in [3.63, 3.8) is 0 Å². The van der Waals surface area contributed by atoms with E-state index >= 15 is 0 Å². The molecule has 0 heterocycles. The van der Waals surface area contributed by atoms with Crippen molar-refractivity contribution < 1.29 is 9.53 Å². The molecule has 3 nitrogen and oxygen atoms in total. The number of hydrogen-bond donors (Lipinski definition) is 1. The zero-order chi connectivity index (χ0) is 14.2. The van der Waals surface area contributed by atoms with Crippen molar-refractivity contribution >= 4 is 17.7 Å². The summed E-state index contributed by atoms with van der Waals surface area (Å²) in [6.07, 6.45) is 6.56. The molecule has 0 atom stereocenters. The molecule has 0 unspecified atom stereocenters. The van der Waals surface area contributed by atoms with Crippen LogP contribution in [0, 0.1) is 0 Å². The molecule has 1 fully saturated rings. The number of amides is 1. The number of methoxy groups -OCH3 is 1. The molecule has 1 aliphatic rings.